The van der Waals surface area contributed by atoms with Crippen molar-refractivity contribution in [2.45, 2.75) is 41.5 Å². The van der Waals surface area contributed by atoms with Crippen LogP contribution < -0.4 is 0 Å². The van der Waals surface area contributed by atoms with E-state index in [1.807, 2.05) is 0 Å². The molecule has 0 spiro atoms. The molecule has 0 saturated carbocycles. The van der Waals surface area contributed by atoms with Crippen molar-refractivity contribution in [3.8, 4) is 89.7 Å². The lowest BCUT2D eigenvalue weighted by molar-refractivity contribution is 1.31. The number of nitrogens with zero attached hydrogens (tertiary/aromatic N) is 4. The maximum absolute atomic E-state index is 5.68. The molecule has 0 aliphatic carbocycles. The maximum atomic E-state index is 5.68. The summed E-state index contributed by atoms with van der Waals surface area (Å²) in [5.74, 6) is 7.43. The van der Waals surface area contributed by atoms with Crippen LogP contribution in [-0.4, -0.2) is 24.9 Å². The number of thiophene rings is 3. The molecular formula is C90H63N5S3. The lowest BCUT2D eigenvalue weighted by Crippen LogP contribution is -1.89. The van der Waals surface area contributed by atoms with E-state index in [4.69, 9.17) is 19.9 Å². The Morgan fingerprint density at radius 1 is 0.224 bits per heavy atom. The van der Waals surface area contributed by atoms with Crippen molar-refractivity contribution in [2.75, 3.05) is 0 Å². The van der Waals surface area contributed by atoms with Gasteiger partial charge in [-0.2, -0.15) is 0 Å². The van der Waals surface area contributed by atoms with Crippen LogP contribution in [0.2, 0.25) is 0 Å². The summed E-state index contributed by atoms with van der Waals surface area (Å²) in [4.78, 5) is 26.3. The molecule has 5 nitrogen and oxygen atoms in total. The molecule has 0 atom stereocenters. The van der Waals surface area contributed by atoms with Crippen LogP contribution >= 0.6 is 34.0 Å². The zero-order chi connectivity index (χ0) is 66.1. The smallest absolute Gasteiger partial charge is 0.0808 e. The van der Waals surface area contributed by atoms with Crippen molar-refractivity contribution in [3.63, 3.8) is 0 Å². The maximum Gasteiger partial charge on any atom is 0.0808 e. The van der Waals surface area contributed by atoms with Crippen LogP contribution in [-0.2, 0) is 0 Å². The third-order valence-electron chi connectivity index (χ3n) is 18.7. The van der Waals surface area contributed by atoms with Gasteiger partial charge in [0.1, 0.15) is 0 Å². The van der Waals surface area contributed by atoms with Crippen LogP contribution in [0.3, 0.4) is 0 Å². The van der Waals surface area contributed by atoms with Gasteiger partial charge in [-0.1, -0.05) is 203 Å². The van der Waals surface area contributed by atoms with E-state index in [2.05, 4.69) is 325 Å². The number of aryl methyl sites for hydroxylation is 6. The molecule has 466 valence electrons. The van der Waals surface area contributed by atoms with E-state index in [0.29, 0.717) is 0 Å². The van der Waals surface area contributed by atoms with E-state index in [9.17, 15) is 0 Å². The fourth-order valence-electron chi connectivity index (χ4n) is 13.5. The molecule has 10 heterocycles. The van der Waals surface area contributed by atoms with Gasteiger partial charge >= 0.3 is 0 Å². The minimum absolute atomic E-state index is 0.798. The summed E-state index contributed by atoms with van der Waals surface area (Å²) in [5, 5.41) is 0. The minimum Gasteiger partial charge on any atom is -0.354 e. The molecule has 13 aromatic rings. The van der Waals surface area contributed by atoms with Gasteiger partial charge in [0, 0.05) is 83.7 Å². The summed E-state index contributed by atoms with van der Waals surface area (Å²) in [5.41, 5.74) is 33.0. The predicted octanol–water partition coefficient (Wildman–Crippen LogP) is 24.7. The van der Waals surface area contributed by atoms with E-state index in [0.717, 1.165) is 174 Å². The Kier molecular flexibility index (Phi) is 15.3. The molecule has 6 aromatic heterocycles. The molecule has 7 aromatic carbocycles. The van der Waals surface area contributed by atoms with E-state index in [1.54, 1.807) is 34.0 Å². The number of rotatable bonds is 7. The largest absolute Gasteiger partial charge is 0.354 e. The Labute approximate surface area is 582 Å². The summed E-state index contributed by atoms with van der Waals surface area (Å²) in [6.45, 7) is 12.8. The van der Waals surface area contributed by atoms with Gasteiger partial charge in [0.05, 0.1) is 51.1 Å². The highest BCUT2D eigenvalue weighted by Crippen LogP contribution is 2.45. The monoisotopic (exact) mass is 1310 g/mol. The Balaban J connectivity index is 0.874. The van der Waals surface area contributed by atoms with Crippen molar-refractivity contribution in [3.05, 3.63) is 308 Å². The minimum atomic E-state index is 0.798. The first-order valence-corrected chi connectivity index (χ1v) is 35.5. The van der Waals surface area contributed by atoms with Crippen LogP contribution in [0.25, 0.3) is 166 Å². The molecule has 1 N–H and O–H groups in total. The molecule has 0 saturated heterocycles. The zero-order valence-electron chi connectivity index (χ0n) is 54.9. The molecule has 16 bridgehead atoms. The molecule has 8 heteroatoms. The highest BCUT2D eigenvalue weighted by molar-refractivity contribution is 7.25. The number of H-pyrrole nitrogens is 1. The quantitative estimate of drug-likeness (QED) is 0.162. The van der Waals surface area contributed by atoms with Crippen LogP contribution in [0.1, 0.15) is 90.1 Å². The van der Waals surface area contributed by atoms with E-state index < -0.39 is 0 Å². The second-order valence-corrected chi connectivity index (χ2v) is 28.9. The number of hydrogen-bond acceptors (Lipinski definition) is 7. The standard InChI is InChI=1S/C90H63N5S3/c1-53-7-22-60(23-8-53)84-69-38-37-68(91-69)67(78-47-48-79(96-78)86(62-26-11-55(3)12-27-62)73-42-41-72(93-73)85(71-40-39-70(84)92-71)61-24-9-54(2)10-25-61)36-21-59-19-34-66(35-20-59)90-77-46-45-76(95-77)89(65-32-17-58(6)18-33-65)81-50-49-80(97-81)87(63-28-13-56(4)14-29-63)74-43-44-75(94-74)88(82-51-52-83(90)98-82)64-30-15-57(5)16-31-64/h7-20,22-35,37-52,92H,1-6H3. The number of aromatic amines is 1. The number of benzene rings is 7. The van der Waals surface area contributed by atoms with Crippen LogP contribution in [0.15, 0.2) is 218 Å². The second kappa shape index (κ2) is 25.0. The molecule has 98 heavy (non-hydrogen) atoms. The first kappa shape index (κ1) is 60.2. The number of aromatic nitrogens is 5. The first-order chi connectivity index (χ1) is 47.9. The van der Waals surface area contributed by atoms with Crippen LogP contribution in [0, 0.1) is 53.4 Å². The Bertz CT molecular complexity index is 5890. The van der Waals surface area contributed by atoms with E-state index >= 15 is 0 Å². The molecule has 0 unspecified atom stereocenters. The lowest BCUT2D eigenvalue weighted by Gasteiger charge is -2.07. The van der Waals surface area contributed by atoms with Gasteiger partial charge in [-0.3, -0.25) is 0 Å². The third-order valence-corrected chi connectivity index (χ3v) is 22.0. The number of fused-ring (bicyclic) bond motifs is 16. The molecular weight excluding hydrogens is 1250 g/mol. The molecule has 0 radical (unpaired) electrons. The van der Waals surface area contributed by atoms with Crippen molar-refractivity contribution in [2.24, 2.45) is 0 Å². The fourth-order valence-corrected chi connectivity index (χ4v) is 16.9. The van der Waals surface area contributed by atoms with Gasteiger partial charge in [0.25, 0.3) is 0 Å². The average Bonchev–Trinajstić information content (AvgIpc) is 1.62. The van der Waals surface area contributed by atoms with Gasteiger partial charge in [-0.15, -0.1) is 34.0 Å². The highest BCUT2D eigenvalue weighted by atomic mass is 32.1. The van der Waals surface area contributed by atoms with Gasteiger partial charge in [-0.25, -0.2) is 19.9 Å². The third kappa shape index (κ3) is 11.4. The number of nitrogens with one attached hydrogen (secondary N) is 1. The van der Waals surface area contributed by atoms with Crippen molar-refractivity contribution in [1.82, 2.24) is 24.9 Å². The van der Waals surface area contributed by atoms with Crippen molar-refractivity contribution < 1.29 is 0 Å². The predicted molar refractivity (Wildman–Crippen MR) is 421 cm³/mol. The molecule has 4 aliphatic heterocycles. The van der Waals surface area contributed by atoms with E-state index in [1.165, 1.54) is 33.4 Å². The van der Waals surface area contributed by atoms with Gasteiger partial charge in [0.2, 0.25) is 0 Å². The van der Waals surface area contributed by atoms with Gasteiger partial charge < -0.3 is 4.98 Å². The average molecular weight is 1310 g/mol. The van der Waals surface area contributed by atoms with Gasteiger partial charge in [0.15, 0.2) is 0 Å². The van der Waals surface area contributed by atoms with Crippen molar-refractivity contribution >= 4 is 122 Å². The summed E-state index contributed by atoms with van der Waals surface area (Å²) in [7, 11) is 0. The highest BCUT2D eigenvalue weighted by Gasteiger charge is 2.23. The fraction of sp³-hybridized carbons (Fsp3) is 0.0667. The number of hydrogen-bond donors (Lipinski definition) is 1. The second-order valence-electron chi connectivity index (χ2n) is 25.7. The Morgan fingerprint density at radius 3 is 0.745 bits per heavy atom. The van der Waals surface area contributed by atoms with Crippen LogP contribution in [0.4, 0.5) is 0 Å². The van der Waals surface area contributed by atoms with E-state index in [-0.39, 0.29) is 0 Å². The topological polar surface area (TPSA) is 67.3 Å². The normalized spacial score (nSPS) is 12.1. The molecule has 0 fully saturated rings. The van der Waals surface area contributed by atoms with Crippen LogP contribution in [0.5, 0.6) is 0 Å². The summed E-state index contributed by atoms with van der Waals surface area (Å²) in [6.07, 6.45) is 17.4. The summed E-state index contributed by atoms with van der Waals surface area (Å²) >= 11 is 5.29. The Morgan fingerprint density at radius 2 is 0.449 bits per heavy atom. The SMILES string of the molecule is Cc1ccc(-c2c3nc(c(C#Cc4ccc(-c5c6nc(c(-c7ccc(C)cc7)c7ccc(s7)c(-c7ccc(C)cc7)c7nc(c(-c8ccc(C)cc8)c8ccc5s8)C=C7)C=C6)cc4)c4ccc(s4)c(-c4ccc(C)cc4)c4nc(c(-c5ccc(C)cc5)c5ccc2[nH]5)C=C4)C=C3)cc1. The van der Waals surface area contributed by atoms with Crippen molar-refractivity contribution in [1.29, 1.82) is 0 Å². The molecule has 0 amide bonds. The lowest BCUT2D eigenvalue weighted by atomic mass is 10.0. The van der Waals surface area contributed by atoms with Gasteiger partial charge in [-0.05, 0) is 190 Å². The first-order valence-electron chi connectivity index (χ1n) is 33.0. The molecule has 17 rings (SSSR count). The summed E-state index contributed by atoms with van der Waals surface area (Å²) in [6, 6.07) is 79.5. The zero-order valence-corrected chi connectivity index (χ0v) is 57.4. The summed E-state index contributed by atoms with van der Waals surface area (Å²) < 4.78 is 6.59. The Hall–Kier alpha value is -11.4. The molecule has 4 aliphatic rings.